The Morgan fingerprint density at radius 2 is 1.86 bits per heavy atom. The van der Waals surface area contributed by atoms with Crippen molar-refractivity contribution >= 4 is 35.3 Å². The topological polar surface area (TPSA) is 83.5 Å². The van der Waals surface area contributed by atoms with E-state index in [1.807, 2.05) is 0 Å². The molecule has 6 nitrogen and oxygen atoms in total. The van der Waals surface area contributed by atoms with E-state index in [-0.39, 0.29) is 0 Å². The third-order valence-corrected chi connectivity index (χ3v) is 2.71. The maximum absolute atomic E-state index is 11.6. The molecule has 0 saturated carbocycles. The van der Waals surface area contributed by atoms with Crippen LogP contribution in [0.1, 0.15) is 5.69 Å². The third kappa shape index (κ3) is 4.39. The molecular weight excluding hydrogens is 292 g/mol. The molecule has 0 spiro atoms. The van der Waals surface area contributed by atoms with E-state index in [0.29, 0.717) is 16.4 Å². The molecule has 1 heterocycles. The fraction of sp³-hybridized carbons (Fsp3) is 0. The molecule has 21 heavy (non-hydrogen) atoms. The molecule has 2 N–H and O–H groups in total. The fourth-order valence-corrected chi connectivity index (χ4v) is 1.58. The zero-order valence-electron chi connectivity index (χ0n) is 10.8. The van der Waals surface area contributed by atoms with Crippen molar-refractivity contribution in [2.75, 3.05) is 5.32 Å². The number of anilines is 1. The third-order valence-electron chi connectivity index (χ3n) is 2.38. The summed E-state index contributed by atoms with van der Waals surface area (Å²) in [6.07, 6.45) is 2.92. The summed E-state index contributed by atoms with van der Waals surface area (Å²) in [7, 11) is 0. The molecule has 2 rings (SSSR count). The molecule has 0 radical (unpaired) electrons. The van der Waals surface area contributed by atoms with Gasteiger partial charge < -0.3 is 5.32 Å². The predicted octanol–water partition coefficient (Wildman–Crippen LogP) is 1.82. The van der Waals surface area contributed by atoms with Crippen molar-refractivity contribution in [1.29, 1.82) is 0 Å². The molecule has 0 aliphatic rings. The molecule has 0 bridgehead atoms. The van der Waals surface area contributed by atoms with Gasteiger partial charge in [0.1, 0.15) is 0 Å². The fourth-order valence-electron chi connectivity index (χ4n) is 1.40. The minimum Gasteiger partial charge on any atom is -0.316 e. The smallest absolute Gasteiger partial charge is 0.316 e. The van der Waals surface area contributed by atoms with Crippen LogP contribution in [0.25, 0.3) is 0 Å². The number of carbonyl (C=O) groups excluding carboxylic acids is 2. The zero-order valence-corrected chi connectivity index (χ0v) is 11.5. The van der Waals surface area contributed by atoms with Crippen LogP contribution >= 0.6 is 11.6 Å². The summed E-state index contributed by atoms with van der Waals surface area (Å²) in [6.45, 7) is 0. The van der Waals surface area contributed by atoms with Gasteiger partial charge in [0.15, 0.2) is 0 Å². The van der Waals surface area contributed by atoms with Gasteiger partial charge in [-0.1, -0.05) is 29.8 Å². The van der Waals surface area contributed by atoms with Gasteiger partial charge in [-0.3, -0.25) is 14.6 Å². The monoisotopic (exact) mass is 302 g/mol. The number of benzene rings is 1. The average Bonchev–Trinajstić information content (AvgIpc) is 2.50. The van der Waals surface area contributed by atoms with Gasteiger partial charge in [0.25, 0.3) is 0 Å². The number of pyridine rings is 1. The van der Waals surface area contributed by atoms with Gasteiger partial charge >= 0.3 is 11.8 Å². The van der Waals surface area contributed by atoms with Gasteiger partial charge in [-0.15, -0.1) is 0 Å². The van der Waals surface area contributed by atoms with Crippen molar-refractivity contribution < 1.29 is 9.59 Å². The Balaban J connectivity index is 1.90. The first-order chi connectivity index (χ1) is 10.2. The molecule has 1 aromatic heterocycles. The molecule has 0 unspecified atom stereocenters. The lowest BCUT2D eigenvalue weighted by Crippen LogP contribution is -2.32. The van der Waals surface area contributed by atoms with E-state index >= 15 is 0 Å². The molecule has 7 heteroatoms. The molecule has 2 aromatic rings. The van der Waals surface area contributed by atoms with E-state index in [1.54, 1.807) is 48.7 Å². The van der Waals surface area contributed by atoms with Crippen molar-refractivity contribution in [1.82, 2.24) is 10.4 Å². The van der Waals surface area contributed by atoms with Crippen LogP contribution in [0.15, 0.2) is 53.8 Å². The number of para-hydroxylation sites is 1. The summed E-state index contributed by atoms with van der Waals surface area (Å²) in [5.41, 5.74) is 3.02. The molecule has 0 saturated heterocycles. The number of hydrogen-bond acceptors (Lipinski definition) is 4. The Morgan fingerprint density at radius 3 is 2.57 bits per heavy atom. The van der Waals surface area contributed by atoms with Crippen LogP contribution in [0.3, 0.4) is 0 Å². The number of hydrogen-bond donors (Lipinski definition) is 2. The van der Waals surface area contributed by atoms with Crippen molar-refractivity contribution in [3.63, 3.8) is 0 Å². The molecular formula is C14H11ClN4O2. The summed E-state index contributed by atoms with van der Waals surface area (Å²) in [6, 6.07) is 11.8. The maximum Gasteiger partial charge on any atom is 0.329 e. The van der Waals surface area contributed by atoms with E-state index in [0.717, 1.165) is 0 Å². The number of carbonyl (C=O) groups is 2. The summed E-state index contributed by atoms with van der Waals surface area (Å²) in [4.78, 5) is 27.2. The number of nitrogens with one attached hydrogen (secondary N) is 2. The van der Waals surface area contributed by atoms with Gasteiger partial charge in [0.2, 0.25) is 0 Å². The highest BCUT2D eigenvalue weighted by Gasteiger charge is 2.13. The van der Waals surface area contributed by atoms with Crippen LogP contribution in [-0.2, 0) is 9.59 Å². The summed E-state index contributed by atoms with van der Waals surface area (Å²) in [5, 5.41) is 6.38. The Labute approximate surface area is 125 Å². The lowest BCUT2D eigenvalue weighted by molar-refractivity contribution is -0.136. The predicted molar refractivity (Wildman–Crippen MR) is 80.1 cm³/mol. The standard InChI is InChI=1S/C14H11ClN4O2/c15-11-6-1-2-7-12(11)18-13(20)14(21)19-17-9-10-5-3-4-8-16-10/h1-9H,(H,18,20)(H,19,21). The van der Waals surface area contributed by atoms with Crippen LogP contribution < -0.4 is 10.7 Å². The molecule has 0 fully saturated rings. The normalized spacial score (nSPS) is 10.3. The molecule has 1 aromatic carbocycles. The Kier molecular flexibility index (Phi) is 5.00. The average molecular weight is 303 g/mol. The Bertz CT molecular complexity index is 674. The second kappa shape index (κ2) is 7.16. The summed E-state index contributed by atoms with van der Waals surface area (Å²) < 4.78 is 0. The van der Waals surface area contributed by atoms with Gasteiger partial charge in [-0.05, 0) is 24.3 Å². The van der Waals surface area contributed by atoms with E-state index in [1.165, 1.54) is 6.21 Å². The molecule has 0 atom stereocenters. The van der Waals surface area contributed by atoms with Gasteiger partial charge in [0, 0.05) is 6.20 Å². The Morgan fingerprint density at radius 1 is 1.10 bits per heavy atom. The molecule has 2 amide bonds. The van der Waals surface area contributed by atoms with Crippen molar-refractivity contribution in [3.05, 3.63) is 59.4 Å². The van der Waals surface area contributed by atoms with Gasteiger partial charge in [-0.25, -0.2) is 5.43 Å². The van der Waals surface area contributed by atoms with E-state index in [9.17, 15) is 9.59 Å². The Hall–Kier alpha value is -2.73. The first-order valence-corrected chi connectivity index (χ1v) is 6.34. The van der Waals surface area contributed by atoms with Crippen molar-refractivity contribution in [3.8, 4) is 0 Å². The minimum absolute atomic E-state index is 0.343. The minimum atomic E-state index is -0.901. The first-order valence-electron chi connectivity index (χ1n) is 5.97. The van der Waals surface area contributed by atoms with Crippen molar-refractivity contribution in [2.24, 2.45) is 5.10 Å². The molecule has 0 aliphatic carbocycles. The number of hydrazone groups is 1. The lowest BCUT2D eigenvalue weighted by atomic mass is 10.3. The highest BCUT2D eigenvalue weighted by Crippen LogP contribution is 2.19. The number of halogens is 1. The van der Waals surface area contributed by atoms with Crippen LogP contribution in [-0.4, -0.2) is 23.0 Å². The summed E-state index contributed by atoms with van der Waals surface area (Å²) >= 11 is 5.87. The van der Waals surface area contributed by atoms with E-state index < -0.39 is 11.8 Å². The van der Waals surface area contributed by atoms with Gasteiger partial charge in [-0.2, -0.15) is 5.10 Å². The lowest BCUT2D eigenvalue weighted by Gasteiger charge is -2.05. The van der Waals surface area contributed by atoms with Crippen LogP contribution in [0.2, 0.25) is 5.02 Å². The largest absolute Gasteiger partial charge is 0.329 e. The summed E-state index contributed by atoms with van der Waals surface area (Å²) in [5.74, 6) is -1.76. The van der Waals surface area contributed by atoms with Crippen molar-refractivity contribution in [2.45, 2.75) is 0 Å². The number of amides is 2. The second-order valence-electron chi connectivity index (χ2n) is 3.89. The number of nitrogens with zero attached hydrogens (tertiary/aromatic N) is 2. The van der Waals surface area contributed by atoms with Crippen LogP contribution in [0.5, 0.6) is 0 Å². The van der Waals surface area contributed by atoms with Crippen LogP contribution in [0.4, 0.5) is 5.69 Å². The number of aromatic nitrogens is 1. The first kappa shape index (κ1) is 14.7. The molecule has 106 valence electrons. The van der Waals surface area contributed by atoms with Gasteiger partial charge in [0.05, 0.1) is 22.6 Å². The number of rotatable bonds is 3. The SMILES string of the molecule is O=C(NN=Cc1ccccn1)C(=O)Nc1ccccc1Cl. The highest BCUT2D eigenvalue weighted by molar-refractivity contribution is 6.41. The van der Waals surface area contributed by atoms with E-state index in [2.05, 4.69) is 20.8 Å². The second-order valence-corrected chi connectivity index (χ2v) is 4.29. The highest BCUT2D eigenvalue weighted by atomic mass is 35.5. The molecule has 0 aliphatic heterocycles. The van der Waals surface area contributed by atoms with E-state index in [4.69, 9.17) is 11.6 Å². The quantitative estimate of drug-likeness (QED) is 0.515. The van der Waals surface area contributed by atoms with Crippen LogP contribution in [0, 0.1) is 0 Å². The maximum atomic E-state index is 11.6. The zero-order chi connectivity index (χ0) is 15.1.